The number of rotatable bonds is 6. The number of nitro groups is 1. The van der Waals surface area contributed by atoms with E-state index in [0.717, 1.165) is 17.3 Å². The van der Waals surface area contributed by atoms with Gasteiger partial charge in [0.05, 0.1) is 17.2 Å². The number of hydrogen-bond donors (Lipinski definition) is 1. The first kappa shape index (κ1) is 18.0. The zero-order valence-electron chi connectivity index (χ0n) is 14.6. The summed E-state index contributed by atoms with van der Waals surface area (Å²) in [6.07, 6.45) is 2.92. The molecule has 0 fully saturated rings. The number of anilines is 1. The third kappa shape index (κ3) is 3.67. The van der Waals surface area contributed by atoms with Crippen molar-refractivity contribution in [1.29, 1.82) is 0 Å². The predicted octanol–water partition coefficient (Wildman–Crippen LogP) is 3.09. The third-order valence-electron chi connectivity index (χ3n) is 4.66. The highest BCUT2D eigenvalue weighted by atomic mass is 19.1. The van der Waals surface area contributed by atoms with Gasteiger partial charge in [-0.2, -0.15) is 5.10 Å². The zero-order valence-corrected chi connectivity index (χ0v) is 14.6. The van der Waals surface area contributed by atoms with E-state index in [-0.39, 0.29) is 11.6 Å². The molecule has 1 aromatic heterocycles. The number of hydrogen-bond acceptors (Lipinski definition) is 6. The van der Waals surface area contributed by atoms with Crippen LogP contribution >= 0.6 is 0 Å². The van der Waals surface area contributed by atoms with Crippen LogP contribution in [0.5, 0.6) is 0 Å². The molecule has 0 amide bonds. The van der Waals surface area contributed by atoms with E-state index in [2.05, 4.69) is 15.5 Å². The molecule has 1 aliphatic rings. The Hall–Kier alpha value is -3.40. The van der Waals surface area contributed by atoms with Gasteiger partial charge in [0.1, 0.15) is 24.3 Å². The lowest BCUT2D eigenvalue weighted by Gasteiger charge is -2.24. The minimum absolute atomic E-state index is 0.0196. The van der Waals surface area contributed by atoms with Gasteiger partial charge in [-0.05, 0) is 23.3 Å². The Labute approximate surface area is 158 Å². The lowest BCUT2D eigenvalue weighted by atomic mass is 9.98. The van der Waals surface area contributed by atoms with Crippen LogP contribution in [0.2, 0.25) is 0 Å². The maximum Gasteiger partial charge on any atom is 0.269 e. The smallest absolute Gasteiger partial charge is 0.269 e. The van der Waals surface area contributed by atoms with E-state index in [1.807, 2.05) is 5.01 Å². The highest BCUT2D eigenvalue weighted by molar-refractivity contribution is 5.58. The summed E-state index contributed by atoms with van der Waals surface area (Å²) in [5, 5.41) is 16.9. The molecule has 8 nitrogen and oxygen atoms in total. The number of benzene rings is 2. The van der Waals surface area contributed by atoms with Gasteiger partial charge in [0.2, 0.25) is 0 Å². The molecule has 0 saturated heterocycles. The molecule has 144 valence electrons. The Bertz CT molecular complexity index is 1010. The maximum atomic E-state index is 14.4. The van der Waals surface area contributed by atoms with Crippen LogP contribution in [0, 0.1) is 21.7 Å². The molecule has 2 aromatic carbocycles. The van der Waals surface area contributed by atoms with E-state index in [1.54, 1.807) is 10.7 Å². The monoisotopic (exact) mass is 386 g/mol. The highest BCUT2D eigenvalue weighted by Gasteiger charge is 2.26. The van der Waals surface area contributed by atoms with Crippen molar-refractivity contribution in [1.82, 2.24) is 19.8 Å². The summed E-state index contributed by atoms with van der Waals surface area (Å²) in [5.41, 5.74) is 5.12. The van der Waals surface area contributed by atoms with Crippen molar-refractivity contribution in [3.8, 4) is 0 Å². The Morgan fingerprint density at radius 2 is 2.07 bits per heavy atom. The van der Waals surface area contributed by atoms with Crippen LogP contribution in [0.25, 0.3) is 0 Å². The number of halogens is 2. The standard InChI is InChI=1S/C18H16F2N6O2/c19-14-1-3-16(17(20)6-14)13(9-25-11-21-10-22-25)8-24-7-12-5-15(26(27)28)2-4-18(12)23-24/h1-6,10-11,13,23H,7-9H2. The molecule has 1 N–H and O–H groups in total. The maximum absolute atomic E-state index is 14.4. The Morgan fingerprint density at radius 1 is 1.21 bits per heavy atom. The minimum atomic E-state index is -0.639. The van der Waals surface area contributed by atoms with Gasteiger partial charge in [-0.1, -0.05) is 6.07 Å². The van der Waals surface area contributed by atoms with E-state index >= 15 is 0 Å². The Balaban J connectivity index is 1.56. The van der Waals surface area contributed by atoms with Gasteiger partial charge >= 0.3 is 0 Å². The summed E-state index contributed by atoms with van der Waals surface area (Å²) < 4.78 is 29.3. The first-order valence-corrected chi connectivity index (χ1v) is 8.56. The van der Waals surface area contributed by atoms with Crippen LogP contribution in [0.4, 0.5) is 20.2 Å². The zero-order chi connectivity index (χ0) is 19.7. The molecule has 1 atom stereocenters. The van der Waals surface area contributed by atoms with Gasteiger partial charge in [-0.3, -0.25) is 14.8 Å². The van der Waals surface area contributed by atoms with E-state index in [9.17, 15) is 18.9 Å². The van der Waals surface area contributed by atoms with Crippen molar-refractivity contribution in [2.45, 2.75) is 19.0 Å². The average molecular weight is 386 g/mol. The van der Waals surface area contributed by atoms with Crippen molar-refractivity contribution >= 4 is 11.4 Å². The minimum Gasteiger partial charge on any atom is -0.318 e. The number of aromatic nitrogens is 3. The first-order chi connectivity index (χ1) is 13.5. The van der Waals surface area contributed by atoms with Gasteiger partial charge in [0.25, 0.3) is 5.69 Å². The number of nitrogens with zero attached hydrogens (tertiary/aromatic N) is 5. The second-order valence-corrected chi connectivity index (χ2v) is 6.57. The van der Waals surface area contributed by atoms with Crippen LogP contribution < -0.4 is 5.43 Å². The fourth-order valence-electron chi connectivity index (χ4n) is 3.37. The molecule has 28 heavy (non-hydrogen) atoms. The molecule has 0 spiro atoms. The summed E-state index contributed by atoms with van der Waals surface area (Å²) in [4.78, 5) is 14.4. The normalized spacial score (nSPS) is 14.5. The third-order valence-corrected chi connectivity index (χ3v) is 4.66. The van der Waals surface area contributed by atoms with E-state index in [4.69, 9.17) is 0 Å². The van der Waals surface area contributed by atoms with Crippen LogP contribution in [0.3, 0.4) is 0 Å². The van der Waals surface area contributed by atoms with Crippen molar-refractivity contribution in [3.63, 3.8) is 0 Å². The Kier molecular flexibility index (Phi) is 4.70. The van der Waals surface area contributed by atoms with Crippen LogP contribution in [0.15, 0.2) is 49.1 Å². The summed E-state index contributed by atoms with van der Waals surface area (Å²) in [6.45, 7) is 1.15. The average Bonchev–Trinajstić information content (AvgIpc) is 3.29. The van der Waals surface area contributed by atoms with E-state index in [0.29, 0.717) is 25.2 Å². The molecule has 0 bridgehead atoms. The molecular formula is C18H16F2N6O2. The fourth-order valence-corrected chi connectivity index (χ4v) is 3.37. The molecule has 3 aromatic rings. The molecule has 1 unspecified atom stereocenters. The second-order valence-electron chi connectivity index (χ2n) is 6.57. The summed E-state index contributed by atoms with van der Waals surface area (Å²) in [7, 11) is 0. The number of nitro benzene ring substituents is 1. The van der Waals surface area contributed by atoms with Crippen LogP contribution in [-0.2, 0) is 13.1 Å². The number of nitrogens with one attached hydrogen (secondary N) is 1. The molecule has 0 saturated carbocycles. The van der Waals surface area contributed by atoms with Crippen LogP contribution in [-0.4, -0.2) is 31.2 Å². The van der Waals surface area contributed by atoms with Gasteiger partial charge in [0, 0.05) is 37.2 Å². The molecule has 2 heterocycles. The summed E-state index contributed by atoms with van der Waals surface area (Å²) in [6, 6.07) is 8.12. The topological polar surface area (TPSA) is 89.1 Å². The van der Waals surface area contributed by atoms with Gasteiger partial charge in [-0.25, -0.2) is 18.8 Å². The highest BCUT2D eigenvalue weighted by Crippen LogP contribution is 2.31. The SMILES string of the molecule is O=[N+]([O-])c1ccc2c(c1)CN(CC(Cn1cncn1)c1ccc(F)cc1F)N2. The van der Waals surface area contributed by atoms with Crippen molar-refractivity contribution in [3.05, 3.63) is 81.9 Å². The predicted molar refractivity (Wildman–Crippen MR) is 96.3 cm³/mol. The summed E-state index contributed by atoms with van der Waals surface area (Å²) in [5.74, 6) is -1.61. The quantitative estimate of drug-likeness (QED) is 0.517. The lowest BCUT2D eigenvalue weighted by molar-refractivity contribution is -0.384. The molecule has 10 heteroatoms. The van der Waals surface area contributed by atoms with E-state index < -0.39 is 16.6 Å². The first-order valence-electron chi connectivity index (χ1n) is 8.56. The van der Waals surface area contributed by atoms with Crippen molar-refractivity contribution < 1.29 is 13.7 Å². The van der Waals surface area contributed by atoms with E-state index in [1.165, 1.54) is 36.9 Å². The van der Waals surface area contributed by atoms with Crippen molar-refractivity contribution in [2.24, 2.45) is 0 Å². The second kappa shape index (κ2) is 7.31. The summed E-state index contributed by atoms with van der Waals surface area (Å²) >= 11 is 0. The fraction of sp³-hybridized carbons (Fsp3) is 0.222. The Morgan fingerprint density at radius 3 is 2.79 bits per heavy atom. The lowest BCUT2D eigenvalue weighted by Crippen LogP contribution is -2.31. The molecule has 4 rings (SSSR count). The van der Waals surface area contributed by atoms with Gasteiger partial charge in [-0.15, -0.1) is 0 Å². The molecule has 1 aliphatic heterocycles. The number of fused-ring (bicyclic) bond motifs is 1. The number of non-ortho nitro benzene ring substituents is 1. The van der Waals surface area contributed by atoms with Gasteiger partial charge < -0.3 is 5.43 Å². The number of hydrazine groups is 1. The largest absolute Gasteiger partial charge is 0.318 e. The van der Waals surface area contributed by atoms with Crippen LogP contribution in [0.1, 0.15) is 17.0 Å². The van der Waals surface area contributed by atoms with Gasteiger partial charge in [0.15, 0.2) is 0 Å². The molecule has 0 radical (unpaired) electrons. The van der Waals surface area contributed by atoms with Crippen molar-refractivity contribution in [2.75, 3.05) is 12.0 Å². The molecule has 0 aliphatic carbocycles. The molecular weight excluding hydrogens is 370 g/mol.